The van der Waals surface area contributed by atoms with Crippen LogP contribution < -0.4 is 0 Å². The molecule has 1 radical (unpaired) electrons. The third-order valence-electron chi connectivity index (χ3n) is 3.17. The third-order valence-corrected chi connectivity index (χ3v) is 3.17. The largest absolute Gasteiger partial charge is 0.0755 e. The second kappa shape index (κ2) is 5.53. The molecule has 0 bridgehead atoms. The summed E-state index contributed by atoms with van der Waals surface area (Å²) in [4.78, 5) is 0. The molecule has 0 N–H and O–H groups in total. The van der Waals surface area contributed by atoms with Crippen LogP contribution in [0.5, 0.6) is 0 Å². The minimum absolute atomic E-state index is 1.25. The Morgan fingerprint density at radius 2 is 0.789 bits per heavy atom. The molecule has 0 nitrogen and oxygen atoms in total. The van der Waals surface area contributed by atoms with E-state index in [2.05, 4.69) is 67.2 Å². The fourth-order valence-electron chi connectivity index (χ4n) is 2.20. The molecule has 0 saturated carbocycles. The van der Waals surface area contributed by atoms with Gasteiger partial charge in [-0.15, -0.1) is 0 Å². The summed E-state index contributed by atoms with van der Waals surface area (Å²) in [6, 6.07) is 4.48. The summed E-state index contributed by atoms with van der Waals surface area (Å²) >= 11 is 0. The Morgan fingerprint density at radius 1 is 0.368 bits per heavy atom. The van der Waals surface area contributed by atoms with Crippen LogP contribution in [0.2, 0.25) is 0 Å². The molecule has 1 aromatic carbocycles. The molecule has 0 aromatic heterocycles. The summed E-state index contributed by atoms with van der Waals surface area (Å²) in [6.45, 7) is 0. The lowest BCUT2D eigenvalue weighted by Gasteiger charge is -2.06. The number of rotatable bonds is 0. The minimum Gasteiger partial charge on any atom is -0.0755 e. The van der Waals surface area contributed by atoms with Gasteiger partial charge in [-0.05, 0) is 34.4 Å². The summed E-state index contributed by atoms with van der Waals surface area (Å²) in [5, 5.41) is 0. The summed E-state index contributed by atoms with van der Waals surface area (Å²) in [5.41, 5.74) is 5.08. The second-order valence-corrected chi connectivity index (χ2v) is 4.51. The molecule has 19 heavy (non-hydrogen) atoms. The van der Waals surface area contributed by atoms with E-state index >= 15 is 0 Å². The first-order valence-corrected chi connectivity index (χ1v) is 6.48. The Kier molecular flexibility index (Phi) is 3.42. The van der Waals surface area contributed by atoms with Gasteiger partial charge in [-0.1, -0.05) is 72.9 Å². The molecule has 3 rings (SSSR count). The molecule has 2 aliphatic carbocycles. The Hall–Kier alpha value is -2.34. The van der Waals surface area contributed by atoms with E-state index in [0.717, 1.165) is 0 Å². The van der Waals surface area contributed by atoms with Gasteiger partial charge < -0.3 is 0 Å². The van der Waals surface area contributed by atoms with Crippen LogP contribution in [0.15, 0.2) is 66.8 Å². The van der Waals surface area contributed by atoms with Crippen molar-refractivity contribution in [3.05, 3.63) is 95.5 Å². The van der Waals surface area contributed by atoms with Crippen LogP contribution in [0.25, 0.3) is 18.2 Å². The van der Waals surface area contributed by atoms with Gasteiger partial charge in [-0.3, -0.25) is 0 Å². The quantitative estimate of drug-likeness (QED) is 0.603. The Bertz CT molecular complexity index is 647. The fraction of sp³-hybridized carbons (Fsp3) is 0. The molecule has 1 aromatic rings. The van der Waals surface area contributed by atoms with Crippen molar-refractivity contribution in [2.75, 3.05) is 0 Å². The smallest absolute Gasteiger partial charge is 0.0131 e. The maximum atomic E-state index is 2.24. The third kappa shape index (κ3) is 2.74. The van der Waals surface area contributed by atoms with Crippen molar-refractivity contribution < 1.29 is 0 Å². The zero-order valence-corrected chi connectivity index (χ0v) is 10.7. The summed E-state index contributed by atoms with van der Waals surface area (Å²) < 4.78 is 0. The van der Waals surface area contributed by atoms with Gasteiger partial charge in [0.05, 0.1) is 0 Å². The lowest BCUT2D eigenvalue weighted by Crippen LogP contribution is -1.87. The van der Waals surface area contributed by atoms with Crippen LogP contribution in [0, 0.1) is 6.42 Å². The molecule has 0 heteroatoms. The van der Waals surface area contributed by atoms with E-state index < -0.39 is 0 Å². The van der Waals surface area contributed by atoms with Crippen LogP contribution in [-0.2, 0) is 0 Å². The monoisotopic (exact) mass is 243 g/mol. The average Bonchev–Trinajstić information content (AvgIpc) is 2.85. The van der Waals surface area contributed by atoms with Gasteiger partial charge in [0.2, 0.25) is 0 Å². The highest BCUT2D eigenvalue weighted by molar-refractivity contribution is 5.75. The van der Waals surface area contributed by atoms with Gasteiger partial charge in [-0.2, -0.15) is 0 Å². The van der Waals surface area contributed by atoms with Gasteiger partial charge >= 0.3 is 0 Å². The average molecular weight is 243 g/mol. The van der Waals surface area contributed by atoms with Crippen LogP contribution in [0.1, 0.15) is 22.3 Å². The van der Waals surface area contributed by atoms with E-state index in [-0.39, 0.29) is 0 Å². The van der Waals surface area contributed by atoms with Gasteiger partial charge in [0.1, 0.15) is 0 Å². The highest BCUT2D eigenvalue weighted by atomic mass is 14.1. The molecule has 0 heterocycles. The maximum Gasteiger partial charge on any atom is 0.0131 e. The Balaban J connectivity index is 2.07. The zero-order valence-electron chi connectivity index (χ0n) is 10.7. The number of fused-ring (bicyclic) bond motifs is 2. The van der Waals surface area contributed by atoms with Crippen molar-refractivity contribution in [2.45, 2.75) is 0 Å². The standard InChI is InChI=1S/C19H15/c1-2-4-6-8-11-17-15-19-13-9-12-18(19)14-16(17)10-7-5-3-1/h1-15H/b2-1-,3-1?,4-2?,5-3-,6-4-,7-5?,8-6?,10-7-,11-8-,16-10?,17-11?. The molecule has 0 spiro atoms. The second-order valence-electron chi connectivity index (χ2n) is 4.51. The van der Waals surface area contributed by atoms with Crippen LogP contribution >= 0.6 is 0 Å². The molecule has 0 aliphatic heterocycles. The van der Waals surface area contributed by atoms with Crippen LogP contribution in [0.3, 0.4) is 0 Å². The molecule has 91 valence electrons. The van der Waals surface area contributed by atoms with Crippen molar-refractivity contribution in [3.63, 3.8) is 0 Å². The lowest BCUT2D eigenvalue weighted by atomic mass is 9.98. The van der Waals surface area contributed by atoms with Crippen molar-refractivity contribution in [1.29, 1.82) is 0 Å². The molecule has 0 fully saturated rings. The van der Waals surface area contributed by atoms with Gasteiger partial charge in [-0.25, -0.2) is 0 Å². The summed E-state index contributed by atoms with van der Waals surface area (Å²) in [7, 11) is 0. The molecule has 0 unspecified atom stereocenters. The first-order valence-electron chi connectivity index (χ1n) is 6.48. The minimum atomic E-state index is 1.25. The maximum absolute atomic E-state index is 2.24. The topological polar surface area (TPSA) is 0 Å². The Labute approximate surface area is 114 Å². The molecule has 0 amide bonds. The number of benzene rings is 1. The molecule has 0 atom stereocenters. The van der Waals surface area contributed by atoms with Gasteiger partial charge in [0, 0.05) is 6.42 Å². The number of hydrogen-bond acceptors (Lipinski definition) is 0. The van der Waals surface area contributed by atoms with Crippen molar-refractivity contribution >= 4 is 18.2 Å². The summed E-state index contributed by atoms with van der Waals surface area (Å²) in [6.07, 6.45) is 27.1. The summed E-state index contributed by atoms with van der Waals surface area (Å²) in [5.74, 6) is 0. The number of hydrogen-bond donors (Lipinski definition) is 0. The first kappa shape index (κ1) is 11.7. The SMILES string of the molecule is [CH]1C=Cc2cc3c(cc21)\C=C/C=C\C=C/C=C\C=C/3. The normalized spacial score (nSPS) is 24.4. The molecular formula is C19H15. The van der Waals surface area contributed by atoms with Crippen LogP contribution in [-0.4, -0.2) is 0 Å². The van der Waals surface area contributed by atoms with Crippen molar-refractivity contribution in [1.82, 2.24) is 0 Å². The molecule has 0 saturated heterocycles. The Morgan fingerprint density at radius 3 is 1.42 bits per heavy atom. The van der Waals surface area contributed by atoms with Crippen LogP contribution in [0.4, 0.5) is 0 Å². The lowest BCUT2D eigenvalue weighted by molar-refractivity contribution is 1.50. The predicted octanol–water partition coefficient (Wildman–Crippen LogP) is 4.97. The first-order chi connectivity index (χ1) is 9.43. The van der Waals surface area contributed by atoms with Gasteiger partial charge in [0.25, 0.3) is 0 Å². The zero-order chi connectivity index (χ0) is 12.9. The highest BCUT2D eigenvalue weighted by Crippen LogP contribution is 2.26. The van der Waals surface area contributed by atoms with E-state index in [0.29, 0.717) is 0 Å². The van der Waals surface area contributed by atoms with Crippen molar-refractivity contribution in [2.24, 2.45) is 0 Å². The van der Waals surface area contributed by atoms with Crippen molar-refractivity contribution in [3.8, 4) is 0 Å². The van der Waals surface area contributed by atoms with E-state index in [1.807, 2.05) is 24.3 Å². The van der Waals surface area contributed by atoms with E-state index in [9.17, 15) is 0 Å². The fourth-order valence-corrected chi connectivity index (χ4v) is 2.20. The van der Waals surface area contributed by atoms with E-state index in [1.165, 1.54) is 22.3 Å². The van der Waals surface area contributed by atoms with E-state index in [4.69, 9.17) is 0 Å². The van der Waals surface area contributed by atoms with Gasteiger partial charge in [0.15, 0.2) is 0 Å². The molecular weight excluding hydrogens is 228 g/mol. The highest BCUT2D eigenvalue weighted by Gasteiger charge is 2.08. The van der Waals surface area contributed by atoms with E-state index in [1.54, 1.807) is 0 Å². The number of allylic oxidation sites excluding steroid dienone is 9. The predicted molar refractivity (Wildman–Crippen MR) is 84.4 cm³/mol. The molecule has 2 aliphatic rings.